The van der Waals surface area contributed by atoms with E-state index in [2.05, 4.69) is 10.1 Å². The second-order valence-corrected chi connectivity index (χ2v) is 4.77. The largest absolute Gasteiger partial charge is 0.573 e. The van der Waals surface area contributed by atoms with E-state index in [-0.39, 0.29) is 30.5 Å². The molecule has 0 aliphatic carbocycles. The Kier molecular flexibility index (Phi) is 6.21. The first kappa shape index (κ1) is 17.8. The maximum atomic E-state index is 12.0. The van der Waals surface area contributed by atoms with Crippen LogP contribution in [0.3, 0.4) is 0 Å². The molecule has 1 aromatic rings. The summed E-state index contributed by atoms with van der Waals surface area (Å²) in [5.74, 6) is -1.63. The smallest absolute Gasteiger partial charge is 0.481 e. The number of carboxylic acid groups (broad SMARTS) is 1. The average Bonchev–Trinajstić information content (AvgIpc) is 2.37. The number of ether oxygens (including phenoxy) is 1. The van der Waals surface area contributed by atoms with Crippen molar-refractivity contribution in [2.75, 3.05) is 0 Å². The van der Waals surface area contributed by atoms with Crippen LogP contribution in [0, 0.1) is 0 Å². The van der Waals surface area contributed by atoms with Gasteiger partial charge < -0.3 is 15.2 Å². The van der Waals surface area contributed by atoms with Crippen molar-refractivity contribution >= 4 is 11.9 Å². The summed E-state index contributed by atoms with van der Waals surface area (Å²) in [6, 6.07) is 4.69. The minimum Gasteiger partial charge on any atom is -0.481 e. The summed E-state index contributed by atoms with van der Waals surface area (Å²) < 4.78 is 39.7. The Morgan fingerprint density at radius 3 is 2.36 bits per heavy atom. The number of amides is 1. The molecule has 0 radical (unpaired) electrons. The summed E-state index contributed by atoms with van der Waals surface area (Å²) in [4.78, 5) is 22.1. The fraction of sp³-hybridized carbons (Fsp3) is 0.429. The quantitative estimate of drug-likeness (QED) is 0.809. The van der Waals surface area contributed by atoms with E-state index in [1.165, 1.54) is 12.1 Å². The Balaban J connectivity index is 2.46. The second-order valence-electron chi connectivity index (χ2n) is 4.77. The fourth-order valence-electron chi connectivity index (χ4n) is 1.73. The highest BCUT2D eigenvalue weighted by Gasteiger charge is 2.30. The van der Waals surface area contributed by atoms with Crippen molar-refractivity contribution in [1.82, 2.24) is 5.32 Å². The molecular formula is C14H16F3NO4. The monoisotopic (exact) mass is 319 g/mol. The molecule has 0 aromatic heterocycles. The molecule has 0 bridgehead atoms. The summed E-state index contributed by atoms with van der Waals surface area (Å²) >= 11 is 0. The number of rotatable bonds is 7. The highest BCUT2D eigenvalue weighted by atomic mass is 19.4. The molecule has 0 fully saturated rings. The maximum absolute atomic E-state index is 12.0. The molecule has 0 saturated carbocycles. The average molecular weight is 319 g/mol. The van der Waals surface area contributed by atoms with Gasteiger partial charge in [-0.15, -0.1) is 13.2 Å². The van der Waals surface area contributed by atoms with Gasteiger partial charge in [-0.3, -0.25) is 9.59 Å². The van der Waals surface area contributed by atoms with E-state index in [0.717, 1.165) is 12.1 Å². The summed E-state index contributed by atoms with van der Waals surface area (Å²) in [7, 11) is 0. The van der Waals surface area contributed by atoms with Crippen molar-refractivity contribution in [1.29, 1.82) is 0 Å². The lowest BCUT2D eigenvalue weighted by Crippen LogP contribution is -2.34. The van der Waals surface area contributed by atoms with E-state index in [1.807, 2.05) is 0 Å². The molecule has 122 valence electrons. The molecule has 0 spiro atoms. The van der Waals surface area contributed by atoms with Crippen LogP contribution in [0.25, 0.3) is 0 Å². The van der Waals surface area contributed by atoms with Gasteiger partial charge in [-0.1, -0.05) is 12.1 Å². The first-order valence-corrected chi connectivity index (χ1v) is 6.51. The van der Waals surface area contributed by atoms with Gasteiger partial charge in [0.1, 0.15) is 5.75 Å². The summed E-state index contributed by atoms with van der Waals surface area (Å²) in [6.07, 6.45) is -4.51. The third-order valence-electron chi connectivity index (χ3n) is 2.72. The van der Waals surface area contributed by atoms with Gasteiger partial charge in [0.2, 0.25) is 5.91 Å². The van der Waals surface area contributed by atoms with Gasteiger partial charge in [0.25, 0.3) is 0 Å². The molecule has 0 saturated heterocycles. The predicted molar refractivity (Wildman–Crippen MR) is 71.3 cm³/mol. The molecule has 5 nitrogen and oxygen atoms in total. The molecule has 2 N–H and O–H groups in total. The Morgan fingerprint density at radius 1 is 1.27 bits per heavy atom. The predicted octanol–water partition coefficient (Wildman–Crippen LogP) is 2.50. The highest BCUT2D eigenvalue weighted by Crippen LogP contribution is 2.22. The Hall–Kier alpha value is -2.25. The second kappa shape index (κ2) is 7.67. The van der Waals surface area contributed by atoms with Crippen LogP contribution in [0.4, 0.5) is 13.2 Å². The number of hydrogen-bond donors (Lipinski definition) is 2. The van der Waals surface area contributed by atoms with Crippen LogP contribution in [0.2, 0.25) is 0 Å². The van der Waals surface area contributed by atoms with Crippen molar-refractivity contribution in [3.05, 3.63) is 29.8 Å². The molecule has 0 aliphatic heterocycles. The summed E-state index contributed by atoms with van der Waals surface area (Å²) in [5.41, 5.74) is 0.525. The maximum Gasteiger partial charge on any atom is 0.573 e. The zero-order valence-electron chi connectivity index (χ0n) is 11.8. The van der Waals surface area contributed by atoms with Crippen LogP contribution >= 0.6 is 0 Å². The number of halogens is 3. The lowest BCUT2D eigenvalue weighted by atomic mass is 10.1. The van der Waals surface area contributed by atoms with Crippen LogP contribution in [-0.2, 0) is 16.0 Å². The molecule has 1 rings (SSSR count). The van der Waals surface area contributed by atoms with Crippen LogP contribution in [0.5, 0.6) is 5.75 Å². The Bertz CT molecular complexity index is 514. The van der Waals surface area contributed by atoms with E-state index in [4.69, 9.17) is 5.11 Å². The van der Waals surface area contributed by atoms with Gasteiger partial charge in [0.15, 0.2) is 0 Å². The van der Waals surface area contributed by atoms with E-state index < -0.39 is 12.3 Å². The lowest BCUT2D eigenvalue weighted by molar-refractivity contribution is -0.274. The highest BCUT2D eigenvalue weighted by molar-refractivity contribution is 5.79. The summed E-state index contributed by atoms with van der Waals surface area (Å²) in [5, 5.41) is 11.2. The Morgan fingerprint density at radius 2 is 1.86 bits per heavy atom. The number of hydrogen-bond acceptors (Lipinski definition) is 3. The number of aliphatic carboxylic acids is 1. The van der Waals surface area contributed by atoms with E-state index in [9.17, 15) is 22.8 Å². The van der Waals surface area contributed by atoms with Crippen molar-refractivity contribution in [3.63, 3.8) is 0 Å². The third-order valence-corrected chi connectivity index (χ3v) is 2.72. The zero-order chi connectivity index (χ0) is 16.8. The molecule has 1 aromatic carbocycles. The van der Waals surface area contributed by atoms with E-state index in [1.54, 1.807) is 6.92 Å². The third kappa shape index (κ3) is 7.51. The molecule has 1 amide bonds. The van der Waals surface area contributed by atoms with Crippen LogP contribution in [0.1, 0.15) is 25.3 Å². The number of nitrogens with one attached hydrogen (secondary N) is 1. The van der Waals surface area contributed by atoms with Crippen molar-refractivity contribution in [2.24, 2.45) is 0 Å². The number of carbonyl (C=O) groups excluding carboxylic acids is 1. The van der Waals surface area contributed by atoms with Crippen LogP contribution in [0.15, 0.2) is 24.3 Å². The van der Waals surface area contributed by atoms with Crippen molar-refractivity contribution in [3.8, 4) is 5.75 Å². The van der Waals surface area contributed by atoms with Gasteiger partial charge in [0, 0.05) is 12.5 Å². The molecule has 22 heavy (non-hydrogen) atoms. The first-order chi connectivity index (χ1) is 10.2. The van der Waals surface area contributed by atoms with E-state index >= 15 is 0 Å². The van der Waals surface area contributed by atoms with Gasteiger partial charge in [-0.25, -0.2) is 0 Å². The molecule has 0 aliphatic rings. The molecule has 8 heteroatoms. The van der Waals surface area contributed by atoms with Gasteiger partial charge in [-0.2, -0.15) is 0 Å². The van der Waals surface area contributed by atoms with E-state index in [0.29, 0.717) is 12.0 Å². The number of benzene rings is 1. The minimum atomic E-state index is -4.75. The van der Waals surface area contributed by atoms with Gasteiger partial charge >= 0.3 is 12.3 Å². The SMILES string of the molecule is CC(CCC(=O)O)NC(=O)Cc1ccc(OC(F)(F)F)cc1. The molecule has 0 heterocycles. The van der Waals surface area contributed by atoms with Gasteiger partial charge in [0.05, 0.1) is 6.42 Å². The van der Waals surface area contributed by atoms with Crippen molar-refractivity contribution < 1.29 is 32.6 Å². The van der Waals surface area contributed by atoms with Gasteiger partial charge in [-0.05, 0) is 31.0 Å². The van der Waals surface area contributed by atoms with Crippen LogP contribution in [-0.4, -0.2) is 29.4 Å². The molecule has 1 unspecified atom stereocenters. The summed E-state index contributed by atoms with van der Waals surface area (Å²) in [6.45, 7) is 1.68. The van der Waals surface area contributed by atoms with Crippen molar-refractivity contribution in [2.45, 2.75) is 38.6 Å². The number of alkyl halides is 3. The number of carboxylic acids is 1. The molecule has 1 atom stereocenters. The fourth-order valence-corrected chi connectivity index (χ4v) is 1.73. The number of carbonyl (C=O) groups is 2. The zero-order valence-corrected chi connectivity index (χ0v) is 11.8. The normalized spacial score (nSPS) is 12.5. The first-order valence-electron chi connectivity index (χ1n) is 6.51. The Labute approximate surface area is 125 Å². The molecular weight excluding hydrogens is 303 g/mol. The van der Waals surface area contributed by atoms with Crippen LogP contribution < -0.4 is 10.1 Å². The topological polar surface area (TPSA) is 75.6 Å². The minimum absolute atomic E-state index is 0.0102. The standard InChI is InChI=1S/C14H16F3NO4/c1-9(2-7-13(20)21)18-12(19)8-10-3-5-11(6-4-10)22-14(15,16)17/h3-6,9H,2,7-8H2,1H3,(H,18,19)(H,20,21). The lowest BCUT2D eigenvalue weighted by Gasteiger charge is -2.13.